The van der Waals surface area contributed by atoms with E-state index in [1.165, 1.54) is 28.6 Å². The normalized spacial score (nSPS) is 12.0. The molecule has 0 aliphatic heterocycles. The van der Waals surface area contributed by atoms with E-state index < -0.39 is 10.0 Å². The number of carbonyl (C=O) groups is 1. The van der Waals surface area contributed by atoms with Crippen molar-refractivity contribution in [2.24, 2.45) is 0 Å². The number of H-pyrrole nitrogens is 1. The first-order valence-corrected chi connectivity index (χ1v) is 11.0. The van der Waals surface area contributed by atoms with Crippen molar-refractivity contribution in [2.75, 3.05) is 13.6 Å². The van der Waals surface area contributed by atoms with Gasteiger partial charge < -0.3 is 10.3 Å². The Labute approximate surface area is 171 Å². The van der Waals surface area contributed by atoms with Gasteiger partial charge in [0.1, 0.15) is 5.82 Å². The summed E-state index contributed by atoms with van der Waals surface area (Å²) in [5.74, 6) is 0.667. The second-order valence-electron chi connectivity index (χ2n) is 7.20. The molecule has 8 heteroatoms. The van der Waals surface area contributed by atoms with Crippen molar-refractivity contribution < 1.29 is 13.2 Å². The number of hydrogen-bond donors (Lipinski definition) is 2. The molecule has 7 nitrogen and oxygen atoms in total. The van der Waals surface area contributed by atoms with Crippen LogP contribution in [0.1, 0.15) is 36.5 Å². The highest BCUT2D eigenvalue weighted by molar-refractivity contribution is 7.89. The second kappa shape index (κ2) is 8.75. The molecule has 0 atom stereocenters. The number of amides is 1. The number of nitrogens with zero attached hydrogens (tertiary/aromatic N) is 2. The molecule has 154 valence electrons. The molecule has 0 saturated carbocycles. The first-order chi connectivity index (χ1) is 13.8. The maximum absolute atomic E-state index is 12.5. The molecule has 0 spiro atoms. The van der Waals surface area contributed by atoms with Crippen LogP contribution in [-0.4, -0.2) is 48.2 Å². The smallest absolute Gasteiger partial charge is 0.251 e. The van der Waals surface area contributed by atoms with E-state index in [0.717, 1.165) is 29.7 Å². The Hall–Kier alpha value is -2.71. The highest BCUT2D eigenvalue weighted by atomic mass is 32.2. The van der Waals surface area contributed by atoms with Crippen molar-refractivity contribution >= 4 is 27.0 Å². The van der Waals surface area contributed by atoms with Crippen molar-refractivity contribution in [3.63, 3.8) is 0 Å². The molecule has 1 aromatic heterocycles. The van der Waals surface area contributed by atoms with Crippen LogP contribution in [0.4, 0.5) is 0 Å². The fourth-order valence-electron chi connectivity index (χ4n) is 2.91. The third-order valence-electron chi connectivity index (χ3n) is 4.84. The quantitative estimate of drug-likeness (QED) is 0.554. The fraction of sp³-hybridized carbons (Fsp3) is 0.333. The van der Waals surface area contributed by atoms with Crippen LogP contribution in [0.3, 0.4) is 0 Å². The summed E-state index contributed by atoms with van der Waals surface area (Å²) in [7, 11) is -2.01. The monoisotopic (exact) mass is 414 g/mol. The summed E-state index contributed by atoms with van der Waals surface area (Å²) < 4.78 is 26.3. The number of rotatable bonds is 8. The van der Waals surface area contributed by atoms with Crippen LogP contribution in [-0.2, 0) is 16.4 Å². The minimum Gasteiger partial charge on any atom is -0.352 e. The Morgan fingerprint density at radius 3 is 2.48 bits per heavy atom. The lowest BCUT2D eigenvalue weighted by molar-refractivity contribution is 0.0953. The van der Waals surface area contributed by atoms with Crippen LogP contribution in [0.5, 0.6) is 0 Å². The summed E-state index contributed by atoms with van der Waals surface area (Å²) in [6, 6.07) is 13.7. The molecule has 0 aliphatic carbocycles. The number of benzene rings is 2. The van der Waals surface area contributed by atoms with Gasteiger partial charge in [-0.3, -0.25) is 4.79 Å². The van der Waals surface area contributed by atoms with E-state index in [0.29, 0.717) is 12.1 Å². The van der Waals surface area contributed by atoms with Crippen LogP contribution in [0, 0.1) is 0 Å². The van der Waals surface area contributed by atoms with Crippen LogP contribution in [0.25, 0.3) is 11.0 Å². The molecule has 0 unspecified atom stereocenters. The average Bonchev–Trinajstić information content (AvgIpc) is 3.13. The third kappa shape index (κ3) is 4.83. The highest BCUT2D eigenvalue weighted by Crippen LogP contribution is 2.17. The fourth-order valence-corrected chi connectivity index (χ4v) is 4.27. The molecule has 0 radical (unpaired) electrons. The van der Waals surface area contributed by atoms with Gasteiger partial charge in [0, 0.05) is 31.6 Å². The van der Waals surface area contributed by atoms with Gasteiger partial charge in [-0.2, -0.15) is 4.31 Å². The van der Waals surface area contributed by atoms with Gasteiger partial charge >= 0.3 is 0 Å². The Morgan fingerprint density at radius 1 is 1.14 bits per heavy atom. The van der Waals surface area contributed by atoms with Gasteiger partial charge in [0.05, 0.1) is 15.9 Å². The molecule has 0 bridgehead atoms. The van der Waals surface area contributed by atoms with E-state index in [1.807, 2.05) is 38.1 Å². The van der Waals surface area contributed by atoms with Gasteiger partial charge in [0.25, 0.3) is 5.91 Å². The lowest BCUT2D eigenvalue weighted by Crippen LogP contribution is -2.33. The van der Waals surface area contributed by atoms with Gasteiger partial charge in [-0.15, -0.1) is 0 Å². The van der Waals surface area contributed by atoms with Gasteiger partial charge in [-0.1, -0.05) is 12.1 Å². The Kier molecular flexibility index (Phi) is 6.34. The molecule has 2 aromatic carbocycles. The largest absolute Gasteiger partial charge is 0.352 e. The van der Waals surface area contributed by atoms with Gasteiger partial charge in [0.15, 0.2) is 0 Å². The average molecular weight is 415 g/mol. The Bertz CT molecular complexity index is 1060. The number of carbonyl (C=O) groups excluding carboxylic acids is 1. The molecule has 0 fully saturated rings. The molecular weight excluding hydrogens is 388 g/mol. The highest BCUT2D eigenvalue weighted by Gasteiger charge is 2.23. The minimum absolute atomic E-state index is 0.144. The minimum atomic E-state index is -3.55. The first-order valence-electron chi connectivity index (χ1n) is 9.59. The van der Waals surface area contributed by atoms with Crippen LogP contribution in [0.15, 0.2) is 53.4 Å². The van der Waals surface area contributed by atoms with Crippen LogP contribution >= 0.6 is 0 Å². The van der Waals surface area contributed by atoms with E-state index in [-0.39, 0.29) is 16.8 Å². The molecule has 0 saturated heterocycles. The maximum Gasteiger partial charge on any atom is 0.251 e. The second-order valence-corrected chi connectivity index (χ2v) is 9.20. The van der Waals surface area contributed by atoms with Crippen molar-refractivity contribution in [1.29, 1.82) is 0 Å². The lowest BCUT2D eigenvalue weighted by atomic mass is 10.2. The number of fused-ring (bicyclic) bond motifs is 1. The van der Waals surface area contributed by atoms with E-state index in [1.54, 1.807) is 7.05 Å². The standard InChI is InChI=1S/C21H26N4O3S/c1-15(2)25(3)29(27,28)17-12-10-16(11-13-17)21(26)22-14-6-9-20-23-18-7-4-5-8-19(18)24-20/h4-5,7-8,10-13,15H,6,9,14H2,1-3H3,(H,22,26)(H,23,24). The van der Waals surface area contributed by atoms with Crippen molar-refractivity contribution in [3.8, 4) is 0 Å². The summed E-state index contributed by atoms with van der Waals surface area (Å²) in [5.41, 5.74) is 2.37. The predicted octanol–water partition coefficient (Wildman–Crippen LogP) is 2.95. The van der Waals surface area contributed by atoms with Crippen LogP contribution in [0.2, 0.25) is 0 Å². The van der Waals surface area contributed by atoms with Gasteiger partial charge in [-0.25, -0.2) is 13.4 Å². The Balaban J connectivity index is 1.53. The zero-order valence-electron chi connectivity index (χ0n) is 16.8. The Morgan fingerprint density at radius 2 is 1.83 bits per heavy atom. The summed E-state index contributed by atoms with van der Waals surface area (Å²) in [6.45, 7) is 4.13. The molecule has 0 aliphatic rings. The molecule has 3 rings (SSSR count). The molecular formula is C21H26N4O3S. The maximum atomic E-state index is 12.5. The van der Waals surface area contributed by atoms with Gasteiger partial charge in [0.2, 0.25) is 10.0 Å². The number of aromatic amines is 1. The third-order valence-corrected chi connectivity index (χ3v) is 6.88. The number of para-hydroxylation sites is 2. The summed E-state index contributed by atoms with van der Waals surface area (Å²) in [5, 5.41) is 2.86. The predicted molar refractivity (Wildman–Crippen MR) is 113 cm³/mol. The van der Waals surface area contributed by atoms with E-state index in [2.05, 4.69) is 15.3 Å². The van der Waals surface area contributed by atoms with E-state index in [4.69, 9.17) is 0 Å². The van der Waals surface area contributed by atoms with Gasteiger partial charge in [-0.05, 0) is 56.7 Å². The summed E-state index contributed by atoms with van der Waals surface area (Å²) in [6.07, 6.45) is 1.48. The molecule has 29 heavy (non-hydrogen) atoms. The molecule has 1 heterocycles. The SMILES string of the molecule is CC(C)N(C)S(=O)(=O)c1ccc(C(=O)NCCCc2nc3ccccc3[nH]2)cc1. The number of aromatic nitrogens is 2. The van der Waals surface area contributed by atoms with E-state index >= 15 is 0 Å². The van der Waals surface area contributed by atoms with Crippen LogP contribution < -0.4 is 5.32 Å². The zero-order valence-corrected chi connectivity index (χ0v) is 17.7. The van der Waals surface area contributed by atoms with Crippen molar-refractivity contribution in [1.82, 2.24) is 19.6 Å². The number of sulfonamides is 1. The topological polar surface area (TPSA) is 95.2 Å². The zero-order chi connectivity index (χ0) is 21.0. The number of nitrogens with one attached hydrogen (secondary N) is 2. The molecule has 2 N–H and O–H groups in total. The van der Waals surface area contributed by atoms with Crippen molar-refractivity contribution in [3.05, 3.63) is 59.9 Å². The first kappa shape index (κ1) is 21.0. The summed E-state index contributed by atoms with van der Waals surface area (Å²) in [4.78, 5) is 20.3. The van der Waals surface area contributed by atoms with Crippen molar-refractivity contribution in [2.45, 2.75) is 37.6 Å². The molecule has 1 amide bonds. The van der Waals surface area contributed by atoms with E-state index in [9.17, 15) is 13.2 Å². The number of hydrogen-bond acceptors (Lipinski definition) is 4. The number of imidazole rings is 1. The number of aryl methyl sites for hydroxylation is 1. The molecule has 3 aromatic rings. The lowest BCUT2D eigenvalue weighted by Gasteiger charge is -2.21. The summed E-state index contributed by atoms with van der Waals surface area (Å²) >= 11 is 0.